The highest BCUT2D eigenvalue weighted by atomic mass is 16.5. The Morgan fingerprint density at radius 1 is 1.24 bits per heavy atom. The third kappa shape index (κ3) is 4.53. The standard InChI is InChI=1S/C21H26N2O2/c1-3-16(2)25-19-11-6-10-18(14-19)22-21(24)15-23-13-7-9-17-8-4-5-12-20(17)23/h4-6,8,10-12,14,16H,3,7,9,13,15H2,1-2H3,(H,22,24). The van der Waals surface area contributed by atoms with Gasteiger partial charge in [-0.3, -0.25) is 4.79 Å². The van der Waals surface area contributed by atoms with Crippen molar-refractivity contribution in [1.82, 2.24) is 0 Å². The second-order valence-electron chi connectivity index (χ2n) is 6.57. The fourth-order valence-electron chi connectivity index (χ4n) is 3.11. The summed E-state index contributed by atoms with van der Waals surface area (Å²) in [5.74, 6) is 0.785. The van der Waals surface area contributed by atoms with Crippen molar-refractivity contribution in [3.05, 3.63) is 54.1 Å². The molecule has 1 unspecified atom stereocenters. The van der Waals surface area contributed by atoms with E-state index in [4.69, 9.17) is 4.74 Å². The summed E-state index contributed by atoms with van der Waals surface area (Å²) in [4.78, 5) is 14.6. The van der Waals surface area contributed by atoms with E-state index in [0.717, 1.165) is 37.2 Å². The lowest BCUT2D eigenvalue weighted by molar-refractivity contribution is -0.115. The van der Waals surface area contributed by atoms with Crippen LogP contribution in [0.1, 0.15) is 32.3 Å². The molecule has 2 aromatic rings. The van der Waals surface area contributed by atoms with Crippen LogP contribution < -0.4 is 15.0 Å². The highest BCUT2D eigenvalue weighted by molar-refractivity contribution is 5.94. The molecule has 0 bridgehead atoms. The summed E-state index contributed by atoms with van der Waals surface area (Å²) < 4.78 is 5.82. The molecule has 132 valence electrons. The summed E-state index contributed by atoms with van der Waals surface area (Å²) in [5.41, 5.74) is 3.28. The summed E-state index contributed by atoms with van der Waals surface area (Å²) in [7, 11) is 0. The van der Waals surface area contributed by atoms with Gasteiger partial charge in [-0.05, 0) is 49.9 Å². The van der Waals surface area contributed by atoms with E-state index in [0.29, 0.717) is 6.54 Å². The predicted octanol–water partition coefficient (Wildman–Crippen LogP) is 4.26. The Kier molecular flexibility index (Phi) is 5.59. The first-order chi connectivity index (χ1) is 12.2. The van der Waals surface area contributed by atoms with Crippen molar-refractivity contribution in [3.63, 3.8) is 0 Å². The summed E-state index contributed by atoms with van der Waals surface area (Å²) >= 11 is 0. The van der Waals surface area contributed by atoms with Gasteiger partial charge in [0.15, 0.2) is 0 Å². The van der Waals surface area contributed by atoms with E-state index in [1.807, 2.05) is 37.3 Å². The Bertz CT molecular complexity index is 729. The first-order valence-electron chi connectivity index (χ1n) is 9.05. The third-order valence-electron chi connectivity index (χ3n) is 4.57. The van der Waals surface area contributed by atoms with Gasteiger partial charge in [-0.1, -0.05) is 31.2 Å². The van der Waals surface area contributed by atoms with Crippen molar-refractivity contribution in [2.24, 2.45) is 0 Å². The van der Waals surface area contributed by atoms with Gasteiger partial charge in [0.2, 0.25) is 5.91 Å². The van der Waals surface area contributed by atoms with E-state index in [2.05, 4.69) is 35.3 Å². The maximum atomic E-state index is 12.5. The van der Waals surface area contributed by atoms with Crippen LogP contribution in [-0.2, 0) is 11.2 Å². The summed E-state index contributed by atoms with van der Waals surface area (Å²) in [6.07, 6.45) is 3.28. The third-order valence-corrected chi connectivity index (χ3v) is 4.57. The lowest BCUT2D eigenvalue weighted by atomic mass is 10.0. The van der Waals surface area contributed by atoms with Gasteiger partial charge in [0, 0.05) is 24.0 Å². The van der Waals surface area contributed by atoms with Crippen LogP contribution in [0.25, 0.3) is 0 Å². The number of hydrogen-bond donors (Lipinski definition) is 1. The predicted molar refractivity (Wildman–Crippen MR) is 102 cm³/mol. The van der Waals surface area contributed by atoms with Gasteiger partial charge in [0.25, 0.3) is 0 Å². The van der Waals surface area contributed by atoms with Crippen molar-refractivity contribution in [1.29, 1.82) is 0 Å². The maximum Gasteiger partial charge on any atom is 0.243 e. The SMILES string of the molecule is CCC(C)Oc1cccc(NC(=O)CN2CCCc3ccccc32)c1. The second kappa shape index (κ2) is 8.06. The quantitative estimate of drug-likeness (QED) is 0.856. The minimum absolute atomic E-state index is 0.00241. The summed E-state index contributed by atoms with van der Waals surface area (Å²) in [6, 6.07) is 15.9. The monoisotopic (exact) mass is 338 g/mol. The van der Waals surface area contributed by atoms with Gasteiger partial charge in [-0.25, -0.2) is 0 Å². The van der Waals surface area contributed by atoms with E-state index in [9.17, 15) is 4.79 Å². The number of carbonyl (C=O) groups excluding carboxylic acids is 1. The molecule has 25 heavy (non-hydrogen) atoms. The van der Waals surface area contributed by atoms with Crippen molar-refractivity contribution in [2.45, 2.75) is 39.2 Å². The molecule has 1 N–H and O–H groups in total. The number of rotatable bonds is 6. The highest BCUT2D eigenvalue weighted by Crippen LogP contribution is 2.26. The molecule has 4 heteroatoms. The van der Waals surface area contributed by atoms with E-state index >= 15 is 0 Å². The Labute approximate surface area is 149 Å². The van der Waals surface area contributed by atoms with Crippen LogP contribution in [0.5, 0.6) is 5.75 Å². The van der Waals surface area contributed by atoms with Gasteiger partial charge in [0.05, 0.1) is 12.6 Å². The fraction of sp³-hybridized carbons (Fsp3) is 0.381. The van der Waals surface area contributed by atoms with Crippen molar-refractivity contribution < 1.29 is 9.53 Å². The number of aryl methyl sites for hydroxylation is 1. The molecule has 0 radical (unpaired) electrons. The average Bonchev–Trinajstić information content (AvgIpc) is 2.62. The zero-order valence-corrected chi connectivity index (χ0v) is 15.0. The molecule has 2 aromatic carbocycles. The Balaban J connectivity index is 1.63. The number of nitrogens with one attached hydrogen (secondary N) is 1. The Morgan fingerprint density at radius 2 is 2.08 bits per heavy atom. The molecule has 4 nitrogen and oxygen atoms in total. The number of carbonyl (C=O) groups is 1. The molecule has 1 atom stereocenters. The van der Waals surface area contributed by atoms with Gasteiger partial charge in [0.1, 0.15) is 5.75 Å². The smallest absolute Gasteiger partial charge is 0.243 e. The van der Waals surface area contributed by atoms with Gasteiger partial charge < -0.3 is 15.0 Å². The second-order valence-corrected chi connectivity index (χ2v) is 6.57. The van der Waals surface area contributed by atoms with Crippen LogP contribution in [-0.4, -0.2) is 25.1 Å². The van der Waals surface area contributed by atoms with E-state index < -0.39 is 0 Å². The zero-order valence-electron chi connectivity index (χ0n) is 15.0. The number of anilines is 2. The first-order valence-corrected chi connectivity index (χ1v) is 9.05. The van der Waals surface area contributed by atoms with Crippen LogP contribution in [0.2, 0.25) is 0 Å². The van der Waals surface area contributed by atoms with Crippen LogP contribution in [0, 0.1) is 0 Å². The van der Waals surface area contributed by atoms with Crippen LogP contribution in [0.3, 0.4) is 0 Å². The number of hydrogen-bond acceptors (Lipinski definition) is 3. The van der Waals surface area contributed by atoms with Gasteiger partial charge in [-0.2, -0.15) is 0 Å². The lowest BCUT2D eigenvalue weighted by Gasteiger charge is -2.30. The molecule has 1 aliphatic heterocycles. The van der Waals surface area contributed by atoms with Crippen LogP contribution in [0.4, 0.5) is 11.4 Å². The zero-order chi connectivity index (χ0) is 17.6. The van der Waals surface area contributed by atoms with Gasteiger partial charge in [-0.15, -0.1) is 0 Å². The minimum Gasteiger partial charge on any atom is -0.491 e. The molecule has 1 amide bonds. The molecule has 0 aromatic heterocycles. The normalized spacial score (nSPS) is 14.6. The number of amides is 1. The van der Waals surface area contributed by atoms with Crippen LogP contribution in [0.15, 0.2) is 48.5 Å². The van der Waals surface area contributed by atoms with E-state index in [-0.39, 0.29) is 12.0 Å². The fourth-order valence-corrected chi connectivity index (χ4v) is 3.11. The Hall–Kier alpha value is -2.49. The molecule has 0 fully saturated rings. The largest absolute Gasteiger partial charge is 0.491 e. The van der Waals surface area contributed by atoms with Crippen LogP contribution >= 0.6 is 0 Å². The minimum atomic E-state index is -0.00241. The average molecular weight is 338 g/mol. The molecule has 0 saturated heterocycles. The summed E-state index contributed by atoms with van der Waals surface area (Å²) in [5, 5.41) is 2.99. The number of benzene rings is 2. The number of nitrogens with zero attached hydrogens (tertiary/aromatic N) is 1. The first kappa shape index (κ1) is 17.3. The number of ether oxygens (including phenoxy) is 1. The molecule has 0 saturated carbocycles. The van der Waals surface area contributed by atoms with E-state index in [1.54, 1.807) is 0 Å². The molecule has 1 aliphatic rings. The van der Waals surface area contributed by atoms with Crippen molar-refractivity contribution in [2.75, 3.05) is 23.3 Å². The highest BCUT2D eigenvalue weighted by Gasteiger charge is 2.18. The molecule has 0 aliphatic carbocycles. The van der Waals surface area contributed by atoms with Gasteiger partial charge >= 0.3 is 0 Å². The number of fused-ring (bicyclic) bond motifs is 1. The summed E-state index contributed by atoms with van der Waals surface area (Å²) in [6.45, 7) is 5.42. The maximum absolute atomic E-state index is 12.5. The van der Waals surface area contributed by atoms with E-state index in [1.165, 1.54) is 11.3 Å². The number of para-hydroxylation sites is 1. The topological polar surface area (TPSA) is 41.6 Å². The molecular weight excluding hydrogens is 312 g/mol. The molecule has 3 rings (SSSR count). The molecule has 0 spiro atoms. The lowest BCUT2D eigenvalue weighted by Crippen LogP contribution is -2.36. The van der Waals surface area contributed by atoms with Crippen molar-refractivity contribution in [3.8, 4) is 5.75 Å². The molecule has 1 heterocycles. The Morgan fingerprint density at radius 3 is 2.92 bits per heavy atom. The van der Waals surface area contributed by atoms with Crippen molar-refractivity contribution >= 4 is 17.3 Å². The molecular formula is C21H26N2O2.